The van der Waals surface area contributed by atoms with Crippen LogP contribution in [-0.4, -0.2) is 40.1 Å². The number of hydrogen-bond donors (Lipinski definition) is 1. The van der Waals surface area contributed by atoms with Crippen molar-refractivity contribution in [2.75, 3.05) is 18.1 Å². The number of morpholine rings is 1. The van der Waals surface area contributed by atoms with Crippen LogP contribution in [0.1, 0.15) is 32.6 Å². The number of ether oxygens (including phenoxy) is 1. The van der Waals surface area contributed by atoms with Gasteiger partial charge in [-0.2, -0.15) is 0 Å². The number of nitrogens with one attached hydrogen (secondary N) is 1. The number of rotatable bonds is 3. The SMILES string of the molecule is CCCn1c(N2CCOC3CCCC32)n[nH]c1=S. The first-order chi connectivity index (χ1) is 8.81. The van der Waals surface area contributed by atoms with Gasteiger partial charge in [-0.05, 0) is 37.9 Å². The predicted molar refractivity (Wildman–Crippen MR) is 72.4 cm³/mol. The van der Waals surface area contributed by atoms with E-state index in [-0.39, 0.29) is 0 Å². The maximum atomic E-state index is 5.85. The lowest BCUT2D eigenvalue weighted by atomic mass is 10.1. The monoisotopic (exact) mass is 268 g/mol. The number of anilines is 1. The summed E-state index contributed by atoms with van der Waals surface area (Å²) in [6.45, 7) is 4.81. The van der Waals surface area contributed by atoms with Crippen molar-refractivity contribution in [2.45, 2.75) is 51.3 Å². The van der Waals surface area contributed by atoms with Gasteiger partial charge >= 0.3 is 0 Å². The van der Waals surface area contributed by atoms with Gasteiger partial charge in [0.1, 0.15) is 0 Å². The number of aromatic nitrogens is 3. The van der Waals surface area contributed by atoms with E-state index in [0.717, 1.165) is 36.8 Å². The van der Waals surface area contributed by atoms with Crippen LogP contribution in [0.15, 0.2) is 0 Å². The summed E-state index contributed by atoms with van der Waals surface area (Å²) in [4.78, 5) is 2.39. The van der Waals surface area contributed by atoms with Gasteiger partial charge < -0.3 is 9.64 Å². The van der Waals surface area contributed by atoms with Crippen LogP contribution >= 0.6 is 12.2 Å². The van der Waals surface area contributed by atoms with Gasteiger partial charge in [0.05, 0.1) is 18.8 Å². The second-order valence-corrected chi connectivity index (χ2v) is 5.47. The van der Waals surface area contributed by atoms with E-state index >= 15 is 0 Å². The van der Waals surface area contributed by atoms with Crippen LogP contribution in [0.5, 0.6) is 0 Å². The van der Waals surface area contributed by atoms with Crippen molar-refractivity contribution >= 4 is 18.2 Å². The van der Waals surface area contributed by atoms with Crippen molar-refractivity contribution in [3.63, 3.8) is 0 Å². The van der Waals surface area contributed by atoms with Crippen LogP contribution in [0, 0.1) is 4.77 Å². The molecule has 1 aliphatic heterocycles. The van der Waals surface area contributed by atoms with E-state index in [2.05, 4.69) is 26.6 Å². The Kier molecular flexibility index (Phi) is 3.39. The van der Waals surface area contributed by atoms with Crippen LogP contribution < -0.4 is 4.90 Å². The van der Waals surface area contributed by atoms with Crippen molar-refractivity contribution in [1.82, 2.24) is 14.8 Å². The van der Waals surface area contributed by atoms with E-state index in [9.17, 15) is 0 Å². The minimum Gasteiger partial charge on any atom is -0.374 e. The third-order valence-corrected chi connectivity index (χ3v) is 4.24. The smallest absolute Gasteiger partial charge is 0.226 e. The molecular formula is C12H20N4OS. The van der Waals surface area contributed by atoms with Gasteiger partial charge in [-0.3, -0.25) is 4.57 Å². The molecule has 2 heterocycles. The maximum Gasteiger partial charge on any atom is 0.226 e. The summed E-state index contributed by atoms with van der Waals surface area (Å²) in [5.74, 6) is 1.00. The lowest BCUT2D eigenvalue weighted by Crippen LogP contribution is -2.49. The summed E-state index contributed by atoms with van der Waals surface area (Å²) >= 11 is 5.31. The van der Waals surface area contributed by atoms with Gasteiger partial charge in [-0.25, -0.2) is 5.10 Å². The van der Waals surface area contributed by atoms with E-state index in [0.29, 0.717) is 12.1 Å². The summed E-state index contributed by atoms with van der Waals surface area (Å²) < 4.78 is 8.70. The second kappa shape index (κ2) is 5.01. The van der Waals surface area contributed by atoms with E-state index in [1.807, 2.05) is 0 Å². The van der Waals surface area contributed by atoms with Gasteiger partial charge in [0.15, 0.2) is 4.77 Å². The minimum atomic E-state index is 0.388. The molecule has 1 saturated heterocycles. The molecule has 2 unspecified atom stereocenters. The van der Waals surface area contributed by atoms with Crippen LogP contribution in [0.2, 0.25) is 0 Å². The maximum absolute atomic E-state index is 5.85. The number of H-pyrrole nitrogens is 1. The highest BCUT2D eigenvalue weighted by Gasteiger charge is 2.37. The molecule has 0 bridgehead atoms. The number of aromatic amines is 1. The zero-order valence-corrected chi connectivity index (χ0v) is 11.6. The molecule has 2 aliphatic rings. The van der Waals surface area contributed by atoms with Crippen molar-refractivity contribution in [3.8, 4) is 0 Å². The van der Waals surface area contributed by atoms with Crippen LogP contribution in [-0.2, 0) is 11.3 Å². The molecule has 2 atom stereocenters. The Morgan fingerprint density at radius 2 is 2.39 bits per heavy atom. The van der Waals surface area contributed by atoms with E-state index < -0.39 is 0 Å². The van der Waals surface area contributed by atoms with E-state index in [1.165, 1.54) is 19.3 Å². The fourth-order valence-electron chi connectivity index (χ4n) is 3.13. The molecule has 1 aromatic heterocycles. The molecule has 0 radical (unpaired) electrons. The average Bonchev–Trinajstić information content (AvgIpc) is 2.97. The van der Waals surface area contributed by atoms with Gasteiger partial charge in [0.2, 0.25) is 5.95 Å². The molecule has 0 amide bonds. The first kappa shape index (κ1) is 12.2. The lowest BCUT2D eigenvalue weighted by molar-refractivity contribution is 0.0247. The molecule has 1 N–H and O–H groups in total. The van der Waals surface area contributed by atoms with Crippen molar-refractivity contribution in [1.29, 1.82) is 0 Å². The largest absolute Gasteiger partial charge is 0.374 e. The Bertz CT molecular complexity index is 469. The van der Waals surface area contributed by atoms with E-state index in [1.54, 1.807) is 0 Å². The van der Waals surface area contributed by atoms with Gasteiger partial charge in [-0.1, -0.05) is 6.92 Å². The molecule has 1 aliphatic carbocycles. The molecular weight excluding hydrogens is 248 g/mol. The van der Waals surface area contributed by atoms with Crippen LogP contribution in [0.3, 0.4) is 0 Å². The lowest BCUT2D eigenvalue weighted by Gasteiger charge is -2.38. The summed E-state index contributed by atoms with van der Waals surface area (Å²) in [5, 5.41) is 7.37. The normalized spacial score (nSPS) is 27.5. The van der Waals surface area contributed by atoms with Crippen molar-refractivity contribution in [3.05, 3.63) is 4.77 Å². The third kappa shape index (κ3) is 1.97. The standard InChI is InChI=1S/C12H20N4OS/c1-2-6-16-11(13-14-12(16)18)15-7-8-17-10-5-3-4-9(10)15/h9-10H,2-8H2,1H3,(H,14,18). The number of nitrogens with zero attached hydrogens (tertiary/aromatic N) is 3. The highest BCUT2D eigenvalue weighted by Crippen LogP contribution is 2.32. The summed E-state index contributed by atoms with van der Waals surface area (Å²) in [6.07, 6.45) is 5.10. The Balaban J connectivity index is 1.91. The van der Waals surface area contributed by atoms with Gasteiger partial charge in [0, 0.05) is 13.1 Å². The number of hydrogen-bond acceptors (Lipinski definition) is 4. The van der Waals surface area contributed by atoms with Gasteiger partial charge in [0.25, 0.3) is 0 Å². The van der Waals surface area contributed by atoms with Gasteiger partial charge in [-0.15, -0.1) is 5.10 Å². The molecule has 5 nitrogen and oxygen atoms in total. The molecule has 0 aromatic carbocycles. The fraction of sp³-hybridized carbons (Fsp3) is 0.833. The van der Waals surface area contributed by atoms with Crippen LogP contribution in [0.4, 0.5) is 5.95 Å². The van der Waals surface area contributed by atoms with Crippen LogP contribution in [0.25, 0.3) is 0 Å². The first-order valence-corrected chi connectivity index (χ1v) is 7.25. The second-order valence-electron chi connectivity index (χ2n) is 5.08. The minimum absolute atomic E-state index is 0.388. The van der Waals surface area contributed by atoms with E-state index in [4.69, 9.17) is 17.0 Å². The zero-order chi connectivity index (χ0) is 12.5. The molecule has 0 spiro atoms. The topological polar surface area (TPSA) is 46.1 Å². The Hall–Kier alpha value is -0.880. The summed E-state index contributed by atoms with van der Waals surface area (Å²) in [6, 6.07) is 0.486. The first-order valence-electron chi connectivity index (χ1n) is 6.84. The van der Waals surface area contributed by atoms with Crippen molar-refractivity contribution < 1.29 is 4.74 Å². The molecule has 100 valence electrons. The molecule has 6 heteroatoms. The van der Waals surface area contributed by atoms with Crippen molar-refractivity contribution in [2.24, 2.45) is 0 Å². The third-order valence-electron chi connectivity index (χ3n) is 3.92. The molecule has 1 aromatic rings. The molecule has 1 saturated carbocycles. The summed E-state index contributed by atoms with van der Waals surface area (Å²) in [7, 11) is 0. The molecule has 3 rings (SSSR count). The summed E-state index contributed by atoms with van der Waals surface area (Å²) in [5.41, 5.74) is 0. The average molecular weight is 268 g/mol. The fourth-order valence-corrected chi connectivity index (χ4v) is 3.35. The molecule has 2 fully saturated rings. The Morgan fingerprint density at radius 1 is 1.50 bits per heavy atom. The highest BCUT2D eigenvalue weighted by atomic mass is 32.1. The predicted octanol–water partition coefficient (Wildman–Crippen LogP) is 2.11. The highest BCUT2D eigenvalue weighted by molar-refractivity contribution is 7.71. The molecule has 18 heavy (non-hydrogen) atoms. The zero-order valence-electron chi connectivity index (χ0n) is 10.8. The Morgan fingerprint density at radius 3 is 3.22 bits per heavy atom. The Labute approximate surface area is 112 Å². The number of fused-ring (bicyclic) bond motifs is 1. The quantitative estimate of drug-likeness (QED) is 0.853.